The lowest BCUT2D eigenvalue weighted by molar-refractivity contribution is 0.419. The summed E-state index contributed by atoms with van der Waals surface area (Å²) in [6.07, 6.45) is 4.02. The van der Waals surface area contributed by atoms with Gasteiger partial charge in [-0.3, -0.25) is 14.3 Å². The molecule has 0 saturated heterocycles. The van der Waals surface area contributed by atoms with E-state index in [2.05, 4.69) is 9.35 Å². The molecule has 14 heteroatoms. The van der Waals surface area contributed by atoms with Crippen LogP contribution in [0.25, 0.3) is 27.7 Å². The summed E-state index contributed by atoms with van der Waals surface area (Å²) in [5, 5.41) is 0.330. The SMILES string of the molecule is CN=S(C)(=O)c1ccc(Cl)c(-c2cc(OC)c3c(=O)n(-c4cncc(Cl)c4)c(=O)n(Cc4cc(F)c(F)c(F)c4)c3c2)c1. The Morgan fingerprint density at radius 1 is 1.00 bits per heavy atom. The van der Waals surface area contributed by atoms with Gasteiger partial charge in [-0.2, -0.15) is 0 Å². The second-order valence-corrected chi connectivity index (χ2v) is 12.7. The van der Waals surface area contributed by atoms with Crippen molar-refractivity contribution in [2.45, 2.75) is 11.4 Å². The third-order valence-electron chi connectivity index (χ3n) is 6.80. The maximum absolute atomic E-state index is 14.2. The molecule has 1 unspecified atom stereocenters. The van der Waals surface area contributed by atoms with Crippen LogP contribution in [0.3, 0.4) is 0 Å². The second-order valence-electron chi connectivity index (χ2n) is 9.44. The van der Waals surface area contributed by atoms with Crippen LogP contribution < -0.4 is 16.0 Å². The topological polar surface area (TPSA) is 95.6 Å². The first-order valence-electron chi connectivity index (χ1n) is 12.4. The fourth-order valence-corrected chi connectivity index (χ4v) is 5.88. The van der Waals surface area contributed by atoms with Gasteiger partial charge in [-0.1, -0.05) is 23.2 Å². The van der Waals surface area contributed by atoms with Crippen LogP contribution in [0.1, 0.15) is 5.56 Å². The molecule has 8 nitrogen and oxygen atoms in total. The number of fused-ring (bicyclic) bond motifs is 1. The maximum Gasteiger partial charge on any atom is 0.336 e. The lowest BCUT2D eigenvalue weighted by Crippen LogP contribution is -2.39. The highest BCUT2D eigenvalue weighted by Gasteiger charge is 2.22. The highest BCUT2D eigenvalue weighted by molar-refractivity contribution is 7.93. The number of pyridine rings is 1. The standard InChI is InChI=1S/C29H21Cl2F3N4O4S/c1-35-43(3,41)19-4-5-21(31)20(11-19)16-8-24-26(25(9-16)42-2)28(39)38(18-10-17(30)12-36-13-18)29(40)37(24)14-15-6-22(32)27(34)23(33)7-15/h4-13H,14H2,1-3H3. The van der Waals surface area contributed by atoms with Gasteiger partial charge in [-0.15, -0.1) is 0 Å². The van der Waals surface area contributed by atoms with Crippen LogP contribution in [-0.4, -0.2) is 38.7 Å². The number of benzene rings is 3. The molecule has 0 fully saturated rings. The van der Waals surface area contributed by atoms with E-state index in [1.165, 1.54) is 51.0 Å². The molecule has 0 radical (unpaired) electrons. The molecule has 5 rings (SSSR count). The third kappa shape index (κ3) is 5.53. The summed E-state index contributed by atoms with van der Waals surface area (Å²) >= 11 is 12.6. The summed E-state index contributed by atoms with van der Waals surface area (Å²) in [7, 11) is -0.0169. The van der Waals surface area contributed by atoms with Crippen molar-refractivity contribution in [3.05, 3.63) is 115 Å². The molecule has 2 aromatic heterocycles. The Morgan fingerprint density at radius 3 is 2.33 bits per heavy atom. The smallest absolute Gasteiger partial charge is 0.336 e. The predicted octanol–water partition coefficient (Wildman–Crippen LogP) is 6.08. The molecule has 5 aromatic rings. The number of nitrogens with zero attached hydrogens (tertiary/aromatic N) is 4. The summed E-state index contributed by atoms with van der Waals surface area (Å²) in [5.74, 6) is -4.54. The predicted molar refractivity (Wildman–Crippen MR) is 160 cm³/mol. The van der Waals surface area contributed by atoms with Gasteiger partial charge in [0.2, 0.25) is 0 Å². The number of hydrogen-bond acceptors (Lipinski definition) is 6. The van der Waals surface area contributed by atoms with E-state index in [1.54, 1.807) is 18.2 Å². The van der Waals surface area contributed by atoms with Crippen molar-refractivity contribution >= 4 is 43.8 Å². The number of rotatable bonds is 6. The molecular weight excluding hydrogens is 628 g/mol. The molecule has 222 valence electrons. The number of hydrogen-bond donors (Lipinski definition) is 0. The van der Waals surface area contributed by atoms with Gasteiger partial charge < -0.3 is 4.74 Å². The summed E-state index contributed by atoms with van der Waals surface area (Å²) in [6.45, 7) is -0.477. The molecule has 0 aliphatic heterocycles. The van der Waals surface area contributed by atoms with E-state index in [0.29, 0.717) is 16.0 Å². The van der Waals surface area contributed by atoms with Gasteiger partial charge in [0.15, 0.2) is 17.5 Å². The molecule has 3 aromatic carbocycles. The van der Waals surface area contributed by atoms with E-state index >= 15 is 0 Å². The average molecular weight is 649 g/mol. The van der Waals surface area contributed by atoms with Crippen LogP contribution in [0.2, 0.25) is 10.0 Å². The van der Waals surface area contributed by atoms with Crippen LogP contribution in [-0.2, 0) is 16.3 Å². The maximum atomic E-state index is 14.2. The van der Waals surface area contributed by atoms with Crippen molar-refractivity contribution in [2.75, 3.05) is 20.4 Å². The Bertz CT molecular complexity index is 2170. The fraction of sp³-hybridized carbons (Fsp3) is 0.138. The average Bonchev–Trinajstić information content (AvgIpc) is 2.97. The van der Waals surface area contributed by atoms with Crippen LogP contribution >= 0.6 is 23.2 Å². The van der Waals surface area contributed by atoms with Gasteiger partial charge in [0, 0.05) is 35.0 Å². The van der Waals surface area contributed by atoms with Crippen molar-refractivity contribution in [3.8, 4) is 22.6 Å². The van der Waals surface area contributed by atoms with E-state index in [9.17, 15) is 27.0 Å². The van der Waals surface area contributed by atoms with Crippen LogP contribution in [0.15, 0.2) is 79.8 Å². The van der Waals surface area contributed by atoms with Crippen LogP contribution in [0.5, 0.6) is 5.75 Å². The van der Waals surface area contributed by atoms with Crippen molar-refractivity contribution < 1.29 is 22.1 Å². The second kappa shape index (κ2) is 11.5. The van der Waals surface area contributed by atoms with Crippen molar-refractivity contribution in [1.82, 2.24) is 14.1 Å². The molecule has 0 aliphatic carbocycles. The van der Waals surface area contributed by atoms with Gasteiger partial charge in [0.05, 0.1) is 45.8 Å². The molecular formula is C29H21Cl2F3N4O4S. The number of ether oxygens (including phenoxy) is 1. The molecule has 0 saturated carbocycles. The highest BCUT2D eigenvalue weighted by Crippen LogP contribution is 2.36. The van der Waals surface area contributed by atoms with E-state index in [1.807, 2.05) is 0 Å². The Labute approximate surface area is 253 Å². The molecule has 0 spiro atoms. The first kappa shape index (κ1) is 30.3. The van der Waals surface area contributed by atoms with E-state index in [4.69, 9.17) is 27.9 Å². The minimum atomic E-state index is -2.76. The van der Waals surface area contributed by atoms with Crippen molar-refractivity contribution in [1.29, 1.82) is 0 Å². The van der Waals surface area contributed by atoms with Gasteiger partial charge in [-0.05, 0) is 59.7 Å². The molecule has 0 aliphatic rings. The summed E-state index contributed by atoms with van der Waals surface area (Å²) in [6, 6.07) is 10.5. The van der Waals surface area contributed by atoms with Crippen LogP contribution in [0.4, 0.5) is 13.2 Å². The van der Waals surface area contributed by atoms with E-state index in [-0.39, 0.29) is 37.9 Å². The highest BCUT2D eigenvalue weighted by atomic mass is 35.5. The molecule has 0 N–H and O–H groups in total. The molecule has 43 heavy (non-hydrogen) atoms. The van der Waals surface area contributed by atoms with Crippen LogP contribution in [0, 0.1) is 17.5 Å². The molecule has 0 bridgehead atoms. The van der Waals surface area contributed by atoms with Gasteiger partial charge in [0.25, 0.3) is 5.56 Å². The number of aromatic nitrogens is 3. The Kier molecular flexibility index (Phi) is 8.12. The zero-order valence-electron chi connectivity index (χ0n) is 22.7. The van der Waals surface area contributed by atoms with E-state index < -0.39 is 45.0 Å². The largest absolute Gasteiger partial charge is 0.496 e. The first-order chi connectivity index (χ1) is 20.4. The monoisotopic (exact) mass is 648 g/mol. The first-order valence-corrected chi connectivity index (χ1v) is 15.1. The fourth-order valence-electron chi connectivity index (χ4n) is 4.62. The molecule has 0 amide bonds. The van der Waals surface area contributed by atoms with Gasteiger partial charge in [-0.25, -0.2) is 31.1 Å². The summed E-state index contributed by atoms with van der Waals surface area (Å²) in [4.78, 5) is 32.2. The van der Waals surface area contributed by atoms with Crippen molar-refractivity contribution in [3.63, 3.8) is 0 Å². The third-order valence-corrected chi connectivity index (χ3v) is 9.16. The normalized spacial score (nSPS) is 12.7. The van der Waals surface area contributed by atoms with Gasteiger partial charge >= 0.3 is 5.69 Å². The van der Waals surface area contributed by atoms with Gasteiger partial charge in [0.1, 0.15) is 11.1 Å². The number of halogens is 5. The van der Waals surface area contributed by atoms with Crippen molar-refractivity contribution in [2.24, 2.45) is 4.36 Å². The summed E-state index contributed by atoms with van der Waals surface area (Å²) in [5.41, 5.74) is -1.01. The van der Waals surface area contributed by atoms with E-state index in [0.717, 1.165) is 21.3 Å². The molecule has 1 atom stereocenters. The Hall–Kier alpha value is -4.13. The zero-order valence-corrected chi connectivity index (χ0v) is 25.0. The Balaban J connectivity index is 1.90. The minimum absolute atomic E-state index is 0.0135. The molecule has 2 heterocycles. The number of methoxy groups -OCH3 is 1. The summed E-state index contributed by atoms with van der Waals surface area (Å²) < 4.78 is 66.5. The Morgan fingerprint density at radius 2 is 1.70 bits per heavy atom. The minimum Gasteiger partial charge on any atom is -0.496 e. The zero-order chi connectivity index (χ0) is 31.2. The quantitative estimate of drug-likeness (QED) is 0.208. The lowest BCUT2D eigenvalue weighted by atomic mass is 10.0. The lowest BCUT2D eigenvalue weighted by Gasteiger charge is -2.18.